The summed E-state index contributed by atoms with van der Waals surface area (Å²) in [5.74, 6) is 5.12. The van der Waals surface area contributed by atoms with E-state index >= 15 is 0 Å². The van der Waals surface area contributed by atoms with Crippen molar-refractivity contribution < 1.29 is 9.59 Å². The number of hydrogen-bond acceptors (Lipinski definition) is 5. The summed E-state index contributed by atoms with van der Waals surface area (Å²) in [6, 6.07) is -0.505. The van der Waals surface area contributed by atoms with Gasteiger partial charge in [0.1, 0.15) is 0 Å². The van der Waals surface area contributed by atoms with Gasteiger partial charge in [0.15, 0.2) is 6.17 Å². The van der Waals surface area contributed by atoms with E-state index in [1.807, 2.05) is 0 Å². The van der Waals surface area contributed by atoms with Gasteiger partial charge >= 0.3 is 6.03 Å². The zero-order valence-corrected chi connectivity index (χ0v) is 7.33. The van der Waals surface area contributed by atoms with Gasteiger partial charge in [-0.2, -0.15) is 0 Å². The van der Waals surface area contributed by atoms with Crippen LogP contribution in [0.4, 0.5) is 4.79 Å². The lowest BCUT2D eigenvalue weighted by Crippen LogP contribution is -2.52. The third-order valence-corrected chi connectivity index (χ3v) is 1.70. The molecule has 1 atom stereocenters. The molecule has 1 saturated heterocycles. The van der Waals surface area contributed by atoms with Gasteiger partial charge in [-0.3, -0.25) is 16.0 Å². The number of hydrogen-bond donors (Lipinski definition) is 4. The number of nitrogens with two attached hydrogens (primary N) is 1. The van der Waals surface area contributed by atoms with Crippen LogP contribution >= 0.6 is 0 Å². The minimum atomic E-state index is -0.749. The number of nitrogens with one attached hydrogen (secondary N) is 3. The molecule has 0 spiro atoms. The molecular formula is C6H13N5O2. The van der Waals surface area contributed by atoms with Crippen molar-refractivity contribution in [3.8, 4) is 0 Å². The Labute approximate surface area is 75.6 Å². The molecule has 0 aliphatic carbocycles. The van der Waals surface area contributed by atoms with Crippen molar-refractivity contribution in [2.24, 2.45) is 5.84 Å². The van der Waals surface area contributed by atoms with E-state index in [0.29, 0.717) is 13.1 Å². The Balaban J connectivity index is 2.42. The van der Waals surface area contributed by atoms with E-state index < -0.39 is 18.1 Å². The van der Waals surface area contributed by atoms with Gasteiger partial charge < -0.3 is 10.6 Å². The van der Waals surface area contributed by atoms with Crippen LogP contribution in [0.5, 0.6) is 0 Å². The fraction of sp³-hybridized carbons (Fsp3) is 0.667. The highest BCUT2D eigenvalue weighted by Gasteiger charge is 2.32. The maximum absolute atomic E-state index is 11.1. The molecule has 0 aromatic carbocycles. The molecule has 0 radical (unpaired) electrons. The van der Waals surface area contributed by atoms with E-state index in [9.17, 15) is 9.59 Å². The summed E-state index contributed by atoms with van der Waals surface area (Å²) in [6.07, 6.45) is -0.749. The molecule has 1 heterocycles. The van der Waals surface area contributed by atoms with Gasteiger partial charge in [0.25, 0.3) is 5.91 Å². The fourth-order valence-electron chi connectivity index (χ4n) is 1.01. The minimum absolute atomic E-state index is 0.413. The summed E-state index contributed by atoms with van der Waals surface area (Å²) in [7, 11) is 1.78. The Morgan fingerprint density at radius 2 is 2.31 bits per heavy atom. The van der Waals surface area contributed by atoms with E-state index in [4.69, 9.17) is 5.84 Å². The first-order valence-corrected chi connectivity index (χ1v) is 3.92. The van der Waals surface area contributed by atoms with E-state index in [0.717, 1.165) is 0 Å². The van der Waals surface area contributed by atoms with Gasteiger partial charge in [-0.05, 0) is 7.05 Å². The smallest absolute Gasteiger partial charge is 0.318 e. The Morgan fingerprint density at radius 3 is 2.77 bits per heavy atom. The van der Waals surface area contributed by atoms with Gasteiger partial charge in [-0.15, -0.1) is 0 Å². The van der Waals surface area contributed by atoms with E-state index in [-0.39, 0.29) is 0 Å². The Hall–Kier alpha value is -1.18. The first-order chi connectivity index (χ1) is 6.15. The molecule has 74 valence electrons. The Kier molecular flexibility index (Phi) is 3.18. The molecule has 1 fully saturated rings. The lowest BCUT2D eigenvalue weighted by molar-refractivity contribution is -0.124. The van der Waals surface area contributed by atoms with Crippen LogP contribution < -0.4 is 21.8 Å². The molecule has 1 aliphatic rings. The number of amides is 3. The lowest BCUT2D eigenvalue weighted by atomic mass is 10.4. The molecule has 3 amide bonds. The summed E-state index contributed by atoms with van der Waals surface area (Å²) in [5.41, 5.74) is 0. The van der Waals surface area contributed by atoms with Crippen LogP contribution in [0.3, 0.4) is 0 Å². The topological polar surface area (TPSA) is 99.5 Å². The maximum atomic E-state index is 11.1. The van der Waals surface area contributed by atoms with Crippen LogP contribution in [0.1, 0.15) is 0 Å². The number of nitrogens with zero attached hydrogens (tertiary/aromatic N) is 1. The van der Waals surface area contributed by atoms with Crippen LogP contribution in [0.2, 0.25) is 0 Å². The van der Waals surface area contributed by atoms with Crippen molar-refractivity contribution in [3.63, 3.8) is 0 Å². The highest BCUT2D eigenvalue weighted by molar-refractivity contribution is 6.03. The number of hydrazine groups is 1. The number of rotatable bonds is 4. The van der Waals surface area contributed by atoms with Crippen molar-refractivity contribution in [1.29, 1.82) is 0 Å². The zero-order valence-electron chi connectivity index (χ0n) is 7.33. The molecular weight excluding hydrogens is 174 g/mol. The van der Waals surface area contributed by atoms with Crippen molar-refractivity contribution in [2.45, 2.75) is 6.17 Å². The van der Waals surface area contributed by atoms with Crippen LogP contribution in [-0.2, 0) is 4.79 Å². The second kappa shape index (κ2) is 4.17. The van der Waals surface area contributed by atoms with E-state index in [1.54, 1.807) is 7.05 Å². The number of imide groups is 1. The average Bonchev–Trinajstić information content (AvgIpc) is 2.41. The van der Waals surface area contributed by atoms with Crippen LogP contribution in [-0.4, -0.2) is 43.3 Å². The SMILES string of the molecule is CNCCN(N)C1NC(=O)NC1=O. The third-order valence-electron chi connectivity index (χ3n) is 1.70. The van der Waals surface area contributed by atoms with E-state index in [1.165, 1.54) is 5.01 Å². The predicted octanol–water partition coefficient (Wildman–Crippen LogP) is -2.45. The van der Waals surface area contributed by atoms with Crippen molar-refractivity contribution in [3.05, 3.63) is 0 Å². The molecule has 0 bridgehead atoms. The van der Waals surface area contributed by atoms with Gasteiger partial charge in [0, 0.05) is 13.1 Å². The highest BCUT2D eigenvalue weighted by atomic mass is 16.2. The van der Waals surface area contributed by atoms with Crippen LogP contribution in [0.25, 0.3) is 0 Å². The molecule has 7 nitrogen and oxygen atoms in total. The average molecular weight is 187 g/mol. The number of carbonyl (C=O) groups excluding carboxylic acids is 2. The summed E-state index contributed by atoms with van der Waals surface area (Å²) >= 11 is 0. The maximum Gasteiger partial charge on any atom is 0.323 e. The van der Waals surface area contributed by atoms with Crippen molar-refractivity contribution in [2.75, 3.05) is 20.1 Å². The number of likely N-dealkylation sites (N-methyl/N-ethyl adjacent to an activating group) is 1. The van der Waals surface area contributed by atoms with Gasteiger partial charge in [-0.25, -0.2) is 9.80 Å². The molecule has 0 aromatic heterocycles. The molecule has 13 heavy (non-hydrogen) atoms. The molecule has 7 heteroatoms. The normalized spacial score (nSPS) is 21.9. The van der Waals surface area contributed by atoms with Crippen LogP contribution in [0, 0.1) is 0 Å². The van der Waals surface area contributed by atoms with E-state index in [2.05, 4.69) is 16.0 Å². The number of urea groups is 1. The van der Waals surface area contributed by atoms with Crippen molar-refractivity contribution in [1.82, 2.24) is 21.0 Å². The first-order valence-electron chi connectivity index (χ1n) is 3.92. The molecule has 0 aromatic rings. The van der Waals surface area contributed by atoms with Gasteiger partial charge in [0.05, 0.1) is 0 Å². The summed E-state index contributed by atoms with van der Waals surface area (Å²) < 4.78 is 0. The molecule has 1 aliphatic heterocycles. The van der Waals surface area contributed by atoms with Gasteiger partial charge in [-0.1, -0.05) is 0 Å². The second-order valence-corrected chi connectivity index (χ2v) is 2.71. The largest absolute Gasteiger partial charge is 0.323 e. The number of carbonyl (C=O) groups is 2. The zero-order chi connectivity index (χ0) is 9.84. The first kappa shape index (κ1) is 9.90. The molecule has 5 N–H and O–H groups in total. The fourth-order valence-corrected chi connectivity index (χ4v) is 1.01. The monoisotopic (exact) mass is 187 g/mol. The molecule has 1 rings (SSSR count). The van der Waals surface area contributed by atoms with Crippen LogP contribution in [0.15, 0.2) is 0 Å². The van der Waals surface area contributed by atoms with Crippen molar-refractivity contribution >= 4 is 11.9 Å². The molecule has 1 unspecified atom stereocenters. The lowest BCUT2D eigenvalue weighted by Gasteiger charge is -2.20. The second-order valence-electron chi connectivity index (χ2n) is 2.71. The Bertz CT molecular complexity index is 219. The summed E-state index contributed by atoms with van der Waals surface area (Å²) in [5, 5.41) is 8.64. The third kappa shape index (κ3) is 2.38. The summed E-state index contributed by atoms with van der Waals surface area (Å²) in [6.45, 7) is 1.13. The Morgan fingerprint density at radius 1 is 1.62 bits per heavy atom. The predicted molar refractivity (Wildman–Crippen MR) is 45.3 cm³/mol. The minimum Gasteiger partial charge on any atom is -0.318 e. The summed E-state index contributed by atoms with van der Waals surface area (Å²) in [4.78, 5) is 21.8. The highest BCUT2D eigenvalue weighted by Crippen LogP contribution is 1.95. The van der Waals surface area contributed by atoms with Gasteiger partial charge in [0.2, 0.25) is 0 Å². The quantitative estimate of drug-likeness (QED) is 0.222. The standard InChI is InChI=1S/C6H13N5O2/c1-8-2-3-11(7)4-5(12)10-6(13)9-4/h4,8H,2-3,7H2,1H3,(H2,9,10,12,13). The molecule has 0 saturated carbocycles.